The highest BCUT2D eigenvalue weighted by atomic mass is 35.5. The highest BCUT2D eigenvalue weighted by Gasteiger charge is 2.34. The van der Waals surface area contributed by atoms with Crippen molar-refractivity contribution in [3.05, 3.63) is 136 Å². The van der Waals surface area contributed by atoms with E-state index in [0.717, 1.165) is 42.5 Å². The van der Waals surface area contributed by atoms with Gasteiger partial charge in [-0.25, -0.2) is 0 Å². The molecule has 0 amide bonds. The number of rotatable bonds is 8. The van der Waals surface area contributed by atoms with Gasteiger partial charge in [-0.05, 0) is 34.9 Å². The van der Waals surface area contributed by atoms with Crippen molar-refractivity contribution in [2.75, 3.05) is 13.1 Å². The van der Waals surface area contributed by atoms with Crippen molar-refractivity contribution >= 4 is 11.6 Å². The monoisotopic (exact) mass is 468 g/mol. The summed E-state index contributed by atoms with van der Waals surface area (Å²) in [4.78, 5) is 5.12. The van der Waals surface area contributed by atoms with E-state index >= 15 is 0 Å². The third-order valence-corrected chi connectivity index (χ3v) is 6.58. The molecule has 0 bridgehead atoms. The lowest BCUT2D eigenvalue weighted by Gasteiger charge is -2.32. The minimum absolute atomic E-state index is 0.141. The van der Waals surface area contributed by atoms with Crippen molar-refractivity contribution < 1.29 is 4.74 Å². The van der Waals surface area contributed by atoms with Gasteiger partial charge in [0.2, 0.25) is 0 Å². The molecule has 3 nitrogen and oxygen atoms in total. The van der Waals surface area contributed by atoms with Crippen molar-refractivity contribution in [1.82, 2.24) is 9.80 Å². The van der Waals surface area contributed by atoms with Crippen LogP contribution in [0.25, 0.3) is 0 Å². The fourth-order valence-electron chi connectivity index (χ4n) is 4.66. The fourth-order valence-corrected chi connectivity index (χ4v) is 4.79. The average molecular weight is 469 g/mol. The van der Waals surface area contributed by atoms with Crippen LogP contribution in [-0.2, 0) is 19.7 Å². The summed E-state index contributed by atoms with van der Waals surface area (Å²) < 4.78 is 6.38. The summed E-state index contributed by atoms with van der Waals surface area (Å²) in [5, 5.41) is 0.739. The van der Waals surface area contributed by atoms with E-state index in [-0.39, 0.29) is 6.17 Å². The number of benzene rings is 4. The van der Waals surface area contributed by atoms with Crippen molar-refractivity contribution in [1.29, 1.82) is 0 Å². The zero-order valence-corrected chi connectivity index (χ0v) is 19.9. The Morgan fingerprint density at radius 2 is 1.15 bits per heavy atom. The van der Waals surface area contributed by atoms with Crippen LogP contribution >= 0.6 is 11.6 Å². The van der Waals surface area contributed by atoms with Crippen molar-refractivity contribution in [2.24, 2.45) is 0 Å². The molecular formula is C30H29ClN2O. The van der Waals surface area contributed by atoms with Crippen LogP contribution in [0.3, 0.4) is 0 Å². The Labute approximate surface area is 207 Å². The SMILES string of the molecule is Clc1ccc(COc2ccccc2C2N(Cc3ccccc3)CCN2Cc2ccccc2)cc1. The van der Waals surface area contributed by atoms with Gasteiger partial charge >= 0.3 is 0 Å². The second kappa shape index (κ2) is 10.9. The predicted molar refractivity (Wildman–Crippen MR) is 139 cm³/mol. The normalized spacial score (nSPS) is 15.0. The van der Waals surface area contributed by atoms with E-state index < -0.39 is 0 Å². The average Bonchev–Trinajstić information content (AvgIpc) is 3.26. The van der Waals surface area contributed by atoms with Gasteiger partial charge in [0.1, 0.15) is 12.4 Å². The number of hydrogen-bond donors (Lipinski definition) is 0. The van der Waals surface area contributed by atoms with Crippen LogP contribution in [0.4, 0.5) is 0 Å². The standard InChI is InChI=1S/C30H29ClN2O/c31-27-17-15-26(16-18-27)23-34-29-14-8-7-13-28(29)30-32(21-24-9-3-1-4-10-24)19-20-33(30)22-25-11-5-2-6-12-25/h1-18,30H,19-23H2. The third kappa shape index (κ3) is 5.51. The topological polar surface area (TPSA) is 15.7 Å². The maximum Gasteiger partial charge on any atom is 0.125 e. The molecule has 0 aliphatic carbocycles. The second-order valence-electron chi connectivity index (χ2n) is 8.74. The number of nitrogens with zero attached hydrogens (tertiary/aromatic N) is 2. The molecule has 0 aromatic heterocycles. The molecule has 4 aromatic rings. The summed E-state index contributed by atoms with van der Waals surface area (Å²) in [5.41, 5.74) is 4.97. The zero-order valence-electron chi connectivity index (χ0n) is 19.2. The van der Waals surface area contributed by atoms with Gasteiger partial charge in [0.25, 0.3) is 0 Å². The first kappa shape index (κ1) is 22.7. The fraction of sp³-hybridized carbons (Fsp3) is 0.200. The molecule has 0 atom stereocenters. The molecular weight excluding hydrogens is 440 g/mol. The van der Waals surface area contributed by atoms with Gasteiger partial charge in [-0.3, -0.25) is 9.80 Å². The Hall–Kier alpha value is -3.11. The minimum atomic E-state index is 0.141. The van der Waals surface area contributed by atoms with Crippen molar-refractivity contribution in [2.45, 2.75) is 25.9 Å². The molecule has 1 heterocycles. The van der Waals surface area contributed by atoms with Crippen molar-refractivity contribution in [3.8, 4) is 5.75 Å². The summed E-state index contributed by atoms with van der Waals surface area (Å²) in [7, 11) is 0. The van der Waals surface area contributed by atoms with Gasteiger partial charge in [0.15, 0.2) is 0 Å². The smallest absolute Gasteiger partial charge is 0.125 e. The van der Waals surface area contributed by atoms with Gasteiger partial charge in [0.05, 0.1) is 6.17 Å². The summed E-state index contributed by atoms with van der Waals surface area (Å²) >= 11 is 6.05. The van der Waals surface area contributed by atoms with E-state index in [1.807, 2.05) is 24.3 Å². The Balaban J connectivity index is 1.43. The maximum atomic E-state index is 6.38. The van der Waals surface area contributed by atoms with E-state index in [1.165, 1.54) is 16.7 Å². The lowest BCUT2D eigenvalue weighted by molar-refractivity contribution is 0.121. The Kier molecular flexibility index (Phi) is 7.25. The molecule has 1 aliphatic rings. The molecule has 1 fully saturated rings. The van der Waals surface area contributed by atoms with Gasteiger partial charge in [-0.1, -0.05) is 103 Å². The first-order valence-electron chi connectivity index (χ1n) is 11.8. The van der Waals surface area contributed by atoms with Gasteiger partial charge in [-0.15, -0.1) is 0 Å². The molecule has 0 unspecified atom stereocenters. The number of ether oxygens (including phenoxy) is 1. The largest absolute Gasteiger partial charge is 0.489 e. The molecule has 1 aliphatic heterocycles. The van der Waals surface area contributed by atoms with Crippen molar-refractivity contribution in [3.63, 3.8) is 0 Å². The highest BCUT2D eigenvalue weighted by molar-refractivity contribution is 6.30. The third-order valence-electron chi connectivity index (χ3n) is 6.33. The van der Waals surface area contributed by atoms with E-state index in [9.17, 15) is 0 Å². The van der Waals surface area contributed by atoms with Gasteiger partial charge in [-0.2, -0.15) is 0 Å². The van der Waals surface area contributed by atoms with Gasteiger partial charge in [0, 0.05) is 36.8 Å². The van der Waals surface area contributed by atoms with E-state index in [0.29, 0.717) is 6.61 Å². The van der Waals surface area contributed by atoms with E-state index in [1.54, 1.807) is 0 Å². The van der Waals surface area contributed by atoms with Crippen LogP contribution in [0.15, 0.2) is 109 Å². The summed E-state index contributed by atoms with van der Waals surface area (Å²) in [5.74, 6) is 0.931. The van der Waals surface area contributed by atoms with Crippen LogP contribution in [0.5, 0.6) is 5.75 Å². The Bertz CT molecular complexity index is 1130. The van der Waals surface area contributed by atoms with Crippen LogP contribution in [0, 0.1) is 0 Å². The molecule has 0 N–H and O–H groups in total. The molecule has 4 heteroatoms. The predicted octanol–water partition coefficient (Wildman–Crippen LogP) is 6.94. The molecule has 4 aromatic carbocycles. The second-order valence-corrected chi connectivity index (χ2v) is 9.18. The highest BCUT2D eigenvalue weighted by Crippen LogP contribution is 2.37. The first-order chi connectivity index (χ1) is 16.8. The summed E-state index contributed by atoms with van der Waals surface area (Å²) in [6.07, 6.45) is 0.141. The van der Waals surface area contributed by atoms with Crippen LogP contribution in [0.1, 0.15) is 28.4 Å². The molecule has 1 saturated heterocycles. The quantitative estimate of drug-likeness (QED) is 0.278. The van der Waals surface area contributed by atoms with E-state index in [2.05, 4.69) is 94.7 Å². The van der Waals surface area contributed by atoms with Crippen LogP contribution in [0.2, 0.25) is 5.02 Å². The number of hydrogen-bond acceptors (Lipinski definition) is 3. The van der Waals surface area contributed by atoms with Crippen LogP contribution in [-0.4, -0.2) is 22.9 Å². The molecule has 0 spiro atoms. The van der Waals surface area contributed by atoms with E-state index in [4.69, 9.17) is 16.3 Å². The Morgan fingerprint density at radius 1 is 0.618 bits per heavy atom. The van der Waals surface area contributed by atoms with Crippen LogP contribution < -0.4 is 4.74 Å². The Morgan fingerprint density at radius 3 is 1.74 bits per heavy atom. The molecule has 0 radical (unpaired) electrons. The lowest BCUT2D eigenvalue weighted by Crippen LogP contribution is -2.31. The molecule has 0 saturated carbocycles. The number of halogens is 1. The molecule has 5 rings (SSSR count). The summed E-state index contributed by atoms with van der Waals surface area (Å²) in [6.45, 7) is 4.35. The maximum absolute atomic E-state index is 6.38. The number of para-hydroxylation sites is 1. The lowest BCUT2D eigenvalue weighted by atomic mass is 10.1. The molecule has 34 heavy (non-hydrogen) atoms. The zero-order chi connectivity index (χ0) is 23.2. The molecule has 172 valence electrons. The minimum Gasteiger partial charge on any atom is -0.489 e. The summed E-state index contributed by atoms with van der Waals surface area (Å²) in [6, 6.07) is 37.8. The van der Waals surface area contributed by atoms with Gasteiger partial charge < -0.3 is 4.74 Å². The first-order valence-corrected chi connectivity index (χ1v) is 12.2.